The molecular formula is C16H20ClN3O2. The molecule has 0 bridgehead atoms. The van der Waals surface area contributed by atoms with Crippen molar-refractivity contribution in [3.8, 4) is 5.75 Å². The number of ether oxygens (including phenoxy) is 1. The van der Waals surface area contributed by atoms with E-state index in [9.17, 15) is 4.79 Å². The van der Waals surface area contributed by atoms with Crippen LogP contribution in [0.5, 0.6) is 5.75 Å². The Morgan fingerprint density at radius 2 is 2.27 bits per heavy atom. The maximum Gasteiger partial charge on any atom is 0.226 e. The third-order valence-corrected chi connectivity index (χ3v) is 3.48. The number of amides is 1. The van der Waals surface area contributed by atoms with Gasteiger partial charge in [0.15, 0.2) is 0 Å². The van der Waals surface area contributed by atoms with E-state index >= 15 is 0 Å². The van der Waals surface area contributed by atoms with Crippen molar-refractivity contribution >= 4 is 23.2 Å². The van der Waals surface area contributed by atoms with Crippen molar-refractivity contribution in [1.82, 2.24) is 9.55 Å². The standard InChI is InChI=1S/C16H20ClN3O2/c1-3-10-22-15-5-4-13(11-14(15)17)19-16(21)6-8-20-9-7-18-12(20)2/h4-5,7,9,11H,3,6,8,10H2,1-2H3,(H,19,21). The van der Waals surface area contributed by atoms with Crippen molar-refractivity contribution in [2.24, 2.45) is 0 Å². The molecule has 1 N–H and O–H groups in total. The summed E-state index contributed by atoms with van der Waals surface area (Å²) in [6.07, 6.45) is 4.88. The molecule has 0 saturated heterocycles. The summed E-state index contributed by atoms with van der Waals surface area (Å²) < 4.78 is 7.44. The van der Waals surface area contributed by atoms with E-state index in [1.54, 1.807) is 24.4 Å². The number of anilines is 1. The SMILES string of the molecule is CCCOc1ccc(NC(=O)CCn2ccnc2C)cc1Cl. The number of benzene rings is 1. The van der Waals surface area contributed by atoms with Gasteiger partial charge >= 0.3 is 0 Å². The van der Waals surface area contributed by atoms with Gasteiger partial charge in [-0.05, 0) is 31.5 Å². The van der Waals surface area contributed by atoms with Crippen LogP contribution in [-0.2, 0) is 11.3 Å². The minimum Gasteiger partial charge on any atom is -0.492 e. The van der Waals surface area contributed by atoms with Gasteiger partial charge in [-0.1, -0.05) is 18.5 Å². The summed E-state index contributed by atoms with van der Waals surface area (Å²) in [7, 11) is 0. The number of nitrogens with one attached hydrogen (secondary N) is 1. The van der Waals surface area contributed by atoms with E-state index < -0.39 is 0 Å². The maximum absolute atomic E-state index is 12.0. The molecule has 1 aromatic carbocycles. The Balaban J connectivity index is 1.88. The molecule has 1 aromatic heterocycles. The van der Waals surface area contributed by atoms with Gasteiger partial charge in [0.05, 0.1) is 11.6 Å². The van der Waals surface area contributed by atoms with Crippen molar-refractivity contribution in [3.63, 3.8) is 0 Å². The van der Waals surface area contributed by atoms with Gasteiger partial charge < -0.3 is 14.6 Å². The largest absolute Gasteiger partial charge is 0.492 e. The lowest BCUT2D eigenvalue weighted by Gasteiger charge is -2.10. The molecule has 6 heteroatoms. The van der Waals surface area contributed by atoms with Crippen molar-refractivity contribution in [1.29, 1.82) is 0 Å². The molecule has 0 unspecified atom stereocenters. The summed E-state index contributed by atoms with van der Waals surface area (Å²) in [6, 6.07) is 5.26. The minimum atomic E-state index is -0.0635. The molecule has 0 aliphatic heterocycles. The van der Waals surface area contributed by atoms with Gasteiger partial charge in [-0.2, -0.15) is 0 Å². The topological polar surface area (TPSA) is 56.1 Å². The number of hydrogen-bond acceptors (Lipinski definition) is 3. The van der Waals surface area contributed by atoms with Gasteiger partial charge in [0.2, 0.25) is 5.91 Å². The Bertz CT molecular complexity index is 640. The number of nitrogens with zero attached hydrogens (tertiary/aromatic N) is 2. The number of imidazole rings is 1. The van der Waals surface area contributed by atoms with Crippen LogP contribution in [0.4, 0.5) is 5.69 Å². The summed E-state index contributed by atoms with van der Waals surface area (Å²) >= 11 is 6.14. The van der Waals surface area contributed by atoms with Crippen LogP contribution in [0.3, 0.4) is 0 Å². The molecule has 1 heterocycles. The zero-order valence-corrected chi connectivity index (χ0v) is 13.6. The second-order valence-electron chi connectivity index (χ2n) is 4.96. The van der Waals surface area contributed by atoms with Crippen LogP contribution in [0.15, 0.2) is 30.6 Å². The van der Waals surface area contributed by atoms with E-state index in [1.807, 2.05) is 24.6 Å². The van der Waals surface area contributed by atoms with Crippen LogP contribution < -0.4 is 10.1 Å². The Morgan fingerprint density at radius 3 is 2.91 bits per heavy atom. The second-order valence-corrected chi connectivity index (χ2v) is 5.37. The summed E-state index contributed by atoms with van der Waals surface area (Å²) in [5, 5.41) is 3.33. The first-order chi connectivity index (χ1) is 10.6. The summed E-state index contributed by atoms with van der Waals surface area (Å²) in [5.41, 5.74) is 0.668. The van der Waals surface area contributed by atoms with Gasteiger partial charge in [-0.15, -0.1) is 0 Å². The third kappa shape index (κ3) is 4.49. The molecular weight excluding hydrogens is 302 g/mol. The fourth-order valence-corrected chi connectivity index (χ4v) is 2.23. The predicted octanol–water partition coefficient (Wildman–Crippen LogP) is 3.66. The zero-order chi connectivity index (χ0) is 15.9. The molecule has 2 rings (SSSR count). The highest BCUT2D eigenvalue weighted by atomic mass is 35.5. The lowest BCUT2D eigenvalue weighted by molar-refractivity contribution is -0.116. The zero-order valence-electron chi connectivity index (χ0n) is 12.8. The molecule has 0 atom stereocenters. The highest BCUT2D eigenvalue weighted by Gasteiger charge is 2.07. The molecule has 0 aliphatic carbocycles. The third-order valence-electron chi connectivity index (χ3n) is 3.18. The van der Waals surface area contributed by atoms with Gasteiger partial charge in [-0.3, -0.25) is 4.79 Å². The minimum absolute atomic E-state index is 0.0635. The summed E-state index contributed by atoms with van der Waals surface area (Å²) in [5.74, 6) is 1.47. The lowest BCUT2D eigenvalue weighted by Crippen LogP contribution is -2.14. The Hall–Kier alpha value is -2.01. The molecule has 1 amide bonds. The van der Waals surface area contributed by atoms with E-state index in [2.05, 4.69) is 10.3 Å². The number of carbonyl (C=O) groups excluding carboxylic acids is 1. The molecule has 0 saturated carbocycles. The first kappa shape index (κ1) is 16.4. The van der Waals surface area contributed by atoms with Gasteiger partial charge in [0.25, 0.3) is 0 Å². The highest BCUT2D eigenvalue weighted by molar-refractivity contribution is 6.32. The average molecular weight is 322 g/mol. The number of hydrogen-bond donors (Lipinski definition) is 1. The normalized spacial score (nSPS) is 10.5. The Labute approximate surface area is 135 Å². The molecule has 118 valence electrons. The molecule has 22 heavy (non-hydrogen) atoms. The van der Waals surface area contributed by atoms with Gasteiger partial charge in [0, 0.05) is 31.0 Å². The van der Waals surface area contributed by atoms with Crippen LogP contribution >= 0.6 is 11.6 Å². The van der Waals surface area contributed by atoms with Crippen LogP contribution in [0.2, 0.25) is 5.02 Å². The average Bonchev–Trinajstić information content (AvgIpc) is 2.90. The van der Waals surface area contributed by atoms with E-state index in [-0.39, 0.29) is 5.91 Å². The second kappa shape index (κ2) is 7.84. The number of aryl methyl sites for hydroxylation is 2. The van der Waals surface area contributed by atoms with Crippen molar-refractivity contribution in [2.45, 2.75) is 33.2 Å². The Morgan fingerprint density at radius 1 is 1.45 bits per heavy atom. The number of halogens is 1. The monoisotopic (exact) mass is 321 g/mol. The van der Waals surface area contributed by atoms with Crippen LogP contribution in [0.25, 0.3) is 0 Å². The number of carbonyl (C=O) groups is 1. The molecule has 0 aliphatic rings. The van der Waals surface area contributed by atoms with Crippen LogP contribution in [-0.4, -0.2) is 22.1 Å². The number of aromatic nitrogens is 2. The smallest absolute Gasteiger partial charge is 0.226 e. The molecule has 0 spiro atoms. The number of rotatable bonds is 7. The van der Waals surface area contributed by atoms with E-state index in [0.29, 0.717) is 36.0 Å². The molecule has 0 fully saturated rings. The summed E-state index contributed by atoms with van der Waals surface area (Å²) in [6.45, 7) is 5.16. The first-order valence-electron chi connectivity index (χ1n) is 7.30. The van der Waals surface area contributed by atoms with E-state index in [0.717, 1.165) is 12.2 Å². The van der Waals surface area contributed by atoms with Crippen LogP contribution in [0, 0.1) is 6.92 Å². The molecule has 0 radical (unpaired) electrons. The quantitative estimate of drug-likeness (QED) is 0.846. The van der Waals surface area contributed by atoms with Gasteiger partial charge in [-0.25, -0.2) is 4.98 Å². The first-order valence-corrected chi connectivity index (χ1v) is 7.68. The van der Waals surface area contributed by atoms with Crippen molar-refractivity contribution < 1.29 is 9.53 Å². The van der Waals surface area contributed by atoms with Crippen molar-refractivity contribution in [2.75, 3.05) is 11.9 Å². The van der Waals surface area contributed by atoms with Crippen LogP contribution in [0.1, 0.15) is 25.6 Å². The summed E-state index contributed by atoms with van der Waals surface area (Å²) in [4.78, 5) is 16.1. The van der Waals surface area contributed by atoms with Gasteiger partial charge in [0.1, 0.15) is 11.6 Å². The Kier molecular flexibility index (Phi) is 5.83. The predicted molar refractivity (Wildman–Crippen MR) is 87.4 cm³/mol. The molecule has 5 nitrogen and oxygen atoms in total. The fraction of sp³-hybridized carbons (Fsp3) is 0.375. The van der Waals surface area contributed by atoms with E-state index in [4.69, 9.17) is 16.3 Å². The fourth-order valence-electron chi connectivity index (χ4n) is 1.99. The highest BCUT2D eigenvalue weighted by Crippen LogP contribution is 2.27. The lowest BCUT2D eigenvalue weighted by atomic mass is 10.3. The van der Waals surface area contributed by atoms with Crippen molar-refractivity contribution in [3.05, 3.63) is 41.4 Å². The maximum atomic E-state index is 12.0. The van der Waals surface area contributed by atoms with E-state index in [1.165, 1.54) is 0 Å². The molecule has 2 aromatic rings.